The summed E-state index contributed by atoms with van der Waals surface area (Å²) >= 11 is 0. The quantitative estimate of drug-likeness (QED) is 0.730. The van der Waals surface area contributed by atoms with Crippen molar-refractivity contribution in [1.82, 2.24) is 0 Å². The zero-order valence-electron chi connectivity index (χ0n) is 8.91. The van der Waals surface area contributed by atoms with Crippen molar-refractivity contribution in [2.45, 2.75) is 52.1 Å². The monoisotopic (exact) mass is 188 g/mol. The Morgan fingerprint density at radius 2 is 2.00 bits per heavy atom. The van der Waals surface area contributed by atoms with Gasteiger partial charge in [-0.1, -0.05) is 6.92 Å². The first-order valence-electron chi connectivity index (χ1n) is 4.96. The van der Waals surface area contributed by atoms with Gasteiger partial charge in [-0.05, 0) is 27.2 Å². The summed E-state index contributed by atoms with van der Waals surface area (Å²) < 4.78 is 11.3. The van der Waals surface area contributed by atoms with Gasteiger partial charge in [0.25, 0.3) is 0 Å². The van der Waals surface area contributed by atoms with Crippen LogP contribution < -0.4 is 0 Å². The summed E-state index contributed by atoms with van der Waals surface area (Å²) in [5, 5.41) is 9.14. The molecule has 1 aliphatic heterocycles. The lowest BCUT2D eigenvalue weighted by Gasteiger charge is -2.22. The van der Waals surface area contributed by atoms with Crippen molar-refractivity contribution in [1.29, 1.82) is 0 Å². The molecular formula is C10H20O3. The maximum atomic E-state index is 9.14. The van der Waals surface area contributed by atoms with E-state index in [2.05, 4.69) is 6.92 Å². The molecule has 1 rings (SSSR count). The van der Waals surface area contributed by atoms with Crippen molar-refractivity contribution in [3.05, 3.63) is 0 Å². The van der Waals surface area contributed by atoms with E-state index in [9.17, 15) is 0 Å². The van der Waals surface area contributed by atoms with E-state index in [1.165, 1.54) is 0 Å². The molecule has 0 saturated carbocycles. The standard InChI is InChI=1S/C10H20O3/c1-5-8(6-11)9-7(2)12-10(3,4)13-9/h7-9,11H,5-6H2,1-4H3/t7-,8+,9-/m0/s1. The molecule has 1 N–H and O–H groups in total. The van der Waals surface area contributed by atoms with Crippen LogP contribution in [0.2, 0.25) is 0 Å². The number of aliphatic hydroxyl groups is 1. The van der Waals surface area contributed by atoms with E-state index in [-0.39, 0.29) is 24.7 Å². The third kappa shape index (κ3) is 2.42. The number of hydrogen-bond donors (Lipinski definition) is 1. The highest BCUT2D eigenvalue weighted by molar-refractivity contribution is 4.83. The zero-order chi connectivity index (χ0) is 10.1. The molecule has 0 radical (unpaired) electrons. The van der Waals surface area contributed by atoms with Gasteiger partial charge >= 0.3 is 0 Å². The van der Waals surface area contributed by atoms with Gasteiger partial charge in [-0.15, -0.1) is 0 Å². The van der Waals surface area contributed by atoms with Crippen molar-refractivity contribution >= 4 is 0 Å². The third-order valence-corrected chi connectivity index (χ3v) is 2.58. The predicted octanol–water partition coefficient (Wildman–Crippen LogP) is 1.54. The highest BCUT2D eigenvalue weighted by atomic mass is 16.7. The summed E-state index contributed by atoms with van der Waals surface area (Å²) in [5.41, 5.74) is 0. The third-order valence-electron chi connectivity index (χ3n) is 2.58. The van der Waals surface area contributed by atoms with Gasteiger partial charge in [-0.25, -0.2) is 0 Å². The van der Waals surface area contributed by atoms with Crippen LogP contribution in [0.4, 0.5) is 0 Å². The van der Waals surface area contributed by atoms with Gasteiger partial charge in [-0.2, -0.15) is 0 Å². The van der Waals surface area contributed by atoms with E-state index in [4.69, 9.17) is 14.6 Å². The van der Waals surface area contributed by atoms with Crippen molar-refractivity contribution in [3.8, 4) is 0 Å². The summed E-state index contributed by atoms with van der Waals surface area (Å²) in [6, 6.07) is 0. The smallest absolute Gasteiger partial charge is 0.163 e. The Labute approximate surface area is 80.0 Å². The number of rotatable bonds is 3. The Morgan fingerprint density at radius 3 is 2.31 bits per heavy atom. The van der Waals surface area contributed by atoms with Crippen molar-refractivity contribution in [3.63, 3.8) is 0 Å². The van der Waals surface area contributed by atoms with Crippen LogP contribution in [0.1, 0.15) is 34.1 Å². The first-order chi connectivity index (χ1) is 6.00. The topological polar surface area (TPSA) is 38.7 Å². The van der Waals surface area contributed by atoms with Gasteiger partial charge in [0.05, 0.1) is 12.2 Å². The molecule has 1 aliphatic rings. The second-order valence-corrected chi connectivity index (χ2v) is 4.16. The molecule has 0 bridgehead atoms. The van der Waals surface area contributed by atoms with Gasteiger partial charge in [0.2, 0.25) is 0 Å². The normalized spacial score (nSPS) is 34.8. The molecule has 3 nitrogen and oxygen atoms in total. The van der Waals surface area contributed by atoms with Crippen molar-refractivity contribution in [2.24, 2.45) is 5.92 Å². The van der Waals surface area contributed by atoms with Crippen molar-refractivity contribution < 1.29 is 14.6 Å². The molecule has 1 saturated heterocycles. The molecule has 3 atom stereocenters. The summed E-state index contributed by atoms with van der Waals surface area (Å²) in [6.07, 6.45) is 1.03. The van der Waals surface area contributed by atoms with Crippen LogP contribution in [-0.4, -0.2) is 29.7 Å². The minimum Gasteiger partial charge on any atom is -0.396 e. The van der Waals surface area contributed by atoms with E-state index < -0.39 is 5.79 Å². The molecule has 1 fully saturated rings. The van der Waals surface area contributed by atoms with Crippen LogP contribution >= 0.6 is 0 Å². The number of hydrogen-bond acceptors (Lipinski definition) is 3. The molecule has 0 aromatic heterocycles. The minimum atomic E-state index is -0.493. The van der Waals surface area contributed by atoms with E-state index in [1.54, 1.807) is 0 Å². The summed E-state index contributed by atoms with van der Waals surface area (Å²) in [7, 11) is 0. The van der Waals surface area contributed by atoms with Gasteiger partial charge in [-0.3, -0.25) is 0 Å². The van der Waals surface area contributed by atoms with Gasteiger partial charge in [0.15, 0.2) is 5.79 Å². The lowest BCUT2D eigenvalue weighted by Crippen LogP contribution is -2.31. The maximum absolute atomic E-state index is 9.14. The predicted molar refractivity (Wildman–Crippen MR) is 50.4 cm³/mol. The molecule has 13 heavy (non-hydrogen) atoms. The van der Waals surface area contributed by atoms with Crippen LogP contribution in [0.3, 0.4) is 0 Å². The maximum Gasteiger partial charge on any atom is 0.163 e. The Bertz CT molecular complexity index is 164. The molecule has 0 amide bonds. The number of aliphatic hydroxyl groups excluding tert-OH is 1. The Hall–Kier alpha value is -0.120. The molecule has 0 aliphatic carbocycles. The highest BCUT2D eigenvalue weighted by Gasteiger charge is 2.41. The molecule has 0 aromatic rings. The van der Waals surface area contributed by atoms with E-state index >= 15 is 0 Å². The molecular weight excluding hydrogens is 168 g/mol. The molecule has 0 aromatic carbocycles. The molecule has 0 spiro atoms. The van der Waals surface area contributed by atoms with Gasteiger partial charge < -0.3 is 14.6 Å². The SMILES string of the molecule is CC[C@H](CO)[C@H]1OC(C)(C)O[C@H]1C. The second-order valence-electron chi connectivity index (χ2n) is 4.16. The second kappa shape index (κ2) is 3.95. The van der Waals surface area contributed by atoms with Gasteiger partial charge in [0.1, 0.15) is 0 Å². The van der Waals surface area contributed by atoms with Crippen LogP contribution in [0.5, 0.6) is 0 Å². The lowest BCUT2D eigenvalue weighted by molar-refractivity contribution is -0.150. The van der Waals surface area contributed by atoms with Crippen LogP contribution in [-0.2, 0) is 9.47 Å². The summed E-state index contributed by atoms with van der Waals surface area (Å²) in [4.78, 5) is 0. The van der Waals surface area contributed by atoms with Crippen molar-refractivity contribution in [2.75, 3.05) is 6.61 Å². The van der Waals surface area contributed by atoms with Gasteiger partial charge in [0, 0.05) is 12.5 Å². The molecule has 0 unspecified atom stereocenters. The highest BCUT2D eigenvalue weighted by Crippen LogP contribution is 2.32. The van der Waals surface area contributed by atoms with Crippen LogP contribution in [0.25, 0.3) is 0 Å². The summed E-state index contributed by atoms with van der Waals surface area (Å²) in [5.74, 6) is -0.302. The van der Waals surface area contributed by atoms with E-state index in [0.717, 1.165) is 6.42 Å². The Kier molecular flexibility index (Phi) is 3.33. The fourth-order valence-electron chi connectivity index (χ4n) is 1.91. The average Bonchev–Trinajstić information content (AvgIpc) is 2.28. The molecule has 1 heterocycles. The molecule has 78 valence electrons. The zero-order valence-corrected chi connectivity index (χ0v) is 8.91. The largest absolute Gasteiger partial charge is 0.396 e. The van der Waals surface area contributed by atoms with E-state index in [1.807, 2.05) is 20.8 Å². The first kappa shape index (κ1) is 11.0. The fraction of sp³-hybridized carbons (Fsp3) is 1.00. The minimum absolute atomic E-state index is 0.0324. The van der Waals surface area contributed by atoms with E-state index in [0.29, 0.717) is 0 Å². The first-order valence-corrected chi connectivity index (χ1v) is 4.96. The van der Waals surface area contributed by atoms with Crippen LogP contribution in [0.15, 0.2) is 0 Å². The Balaban J connectivity index is 2.61. The average molecular weight is 188 g/mol. The van der Waals surface area contributed by atoms with Crippen LogP contribution in [0, 0.1) is 5.92 Å². The fourth-order valence-corrected chi connectivity index (χ4v) is 1.91. The Morgan fingerprint density at radius 1 is 1.38 bits per heavy atom. The summed E-state index contributed by atoms with van der Waals surface area (Å²) in [6.45, 7) is 8.05. The number of ether oxygens (including phenoxy) is 2. The lowest BCUT2D eigenvalue weighted by atomic mass is 9.97. The molecule has 3 heteroatoms.